The largest absolute Gasteiger partial charge is 0.458 e. The highest BCUT2D eigenvalue weighted by molar-refractivity contribution is 6.32. The van der Waals surface area contributed by atoms with E-state index in [0.29, 0.717) is 93.6 Å². The summed E-state index contributed by atoms with van der Waals surface area (Å²) in [6.45, 7) is 6.22. The third-order valence-corrected chi connectivity index (χ3v) is 12.9. The molecular weight excluding hydrogens is 771 g/mol. The van der Waals surface area contributed by atoms with E-state index >= 15 is 0 Å². The van der Waals surface area contributed by atoms with Crippen LogP contribution in [-0.4, -0.2) is 144 Å². The van der Waals surface area contributed by atoms with Crippen molar-refractivity contribution in [1.29, 1.82) is 0 Å². The van der Waals surface area contributed by atoms with Gasteiger partial charge in [0.15, 0.2) is 11.7 Å². The van der Waals surface area contributed by atoms with Gasteiger partial charge in [-0.2, -0.15) is 0 Å². The van der Waals surface area contributed by atoms with Crippen LogP contribution in [0.25, 0.3) is 11.1 Å². The van der Waals surface area contributed by atoms with E-state index in [1.54, 1.807) is 27.8 Å². The molecule has 4 aliphatic rings. The van der Waals surface area contributed by atoms with Crippen LogP contribution in [-0.2, 0) is 43.7 Å². The smallest absolute Gasteiger partial charge is 0.419 e. The number of esters is 1. The first-order valence-corrected chi connectivity index (χ1v) is 21.5. The van der Waals surface area contributed by atoms with Crippen LogP contribution in [0.5, 0.6) is 0 Å². The summed E-state index contributed by atoms with van der Waals surface area (Å²) in [6, 6.07) is 11.3. The first kappa shape index (κ1) is 42.7. The molecule has 0 radical (unpaired) electrons. The summed E-state index contributed by atoms with van der Waals surface area (Å²) in [5.74, 6) is -1.40. The van der Waals surface area contributed by atoms with Gasteiger partial charge in [-0.3, -0.25) is 14.2 Å². The van der Waals surface area contributed by atoms with E-state index in [9.17, 15) is 28.8 Å². The number of carbonyl (C=O) groups excluding carboxylic acids is 5. The lowest BCUT2D eigenvalue weighted by Gasteiger charge is -2.41. The molecule has 3 saturated heterocycles. The molecule has 0 aliphatic carbocycles. The Morgan fingerprint density at radius 3 is 2.20 bits per heavy atom. The molecule has 16 nitrogen and oxygen atoms in total. The van der Waals surface area contributed by atoms with Gasteiger partial charge in [-0.05, 0) is 113 Å². The molecule has 0 spiro atoms. The fraction of sp³-hybridized carbons (Fsp3) is 0.591. The van der Waals surface area contributed by atoms with Crippen molar-refractivity contribution in [2.75, 3.05) is 78.4 Å². The Bertz CT molecular complexity index is 2110. The number of oxazole rings is 1. The van der Waals surface area contributed by atoms with Crippen molar-refractivity contribution in [3.8, 4) is 0 Å². The molecule has 1 atom stereocenters. The fourth-order valence-electron chi connectivity index (χ4n) is 9.49. The number of fused-ring (bicyclic) bond motifs is 2. The normalized spacial score (nSPS) is 18.9. The maximum atomic E-state index is 14.4. The Morgan fingerprint density at radius 1 is 0.867 bits per heavy atom. The van der Waals surface area contributed by atoms with Crippen molar-refractivity contribution in [2.24, 2.45) is 18.9 Å². The minimum atomic E-state index is -1.11. The van der Waals surface area contributed by atoms with Crippen molar-refractivity contribution < 1.29 is 37.9 Å². The highest BCUT2D eigenvalue weighted by atomic mass is 16.6. The van der Waals surface area contributed by atoms with E-state index in [0.717, 1.165) is 55.5 Å². The number of urea groups is 1. The molecule has 2 aromatic carbocycles. The van der Waals surface area contributed by atoms with Gasteiger partial charge in [0.1, 0.15) is 0 Å². The van der Waals surface area contributed by atoms with E-state index < -0.39 is 29.8 Å². The molecular formula is C44H59N7O9. The molecule has 0 saturated carbocycles. The van der Waals surface area contributed by atoms with Crippen molar-refractivity contribution in [3.63, 3.8) is 0 Å². The van der Waals surface area contributed by atoms with E-state index in [1.165, 1.54) is 4.57 Å². The second kappa shape index (κ2) is 18.9. The van der Waals surface area contributed by atoms with Gasteiger partial charge in [0.05, 0.1) is 12.1 Å². The number of amides is 5. The minimum absolute atomic E-state index is 0.0374. The second-order valence-electron chi connectivity index (χ2n) is 17.1. The number of carbonyl (C=O) groups is 5. The van der Waals surface area contributed by atoms with Gasteiger partial charge in [-0.25, -0.2) is 19.2 Å². The molecule has 16 heteroatoms. The number of ether oxygens (including phenoxy) is 2. The Balaban J connectivity index is 0.953. The summed E-state index contributed by atoms with van der Waals surface area (Å²) >= 11 is 0. The topological polar surface area (TPSA) is 167 Å². The zero-order chi connectivity index (χ0) is 42.5. The van der Waals surface area contributed by atoms with E-state index in [1.807, 2.05) is 61.2 Å². The lowest BCUT2D eigenvalue weighted by molar-refractivity contribution is -0.161. The van der Waals surface area contributed by atoms with Crippen LogP contribution in [0.15, 0.2) is 45.6 Å². The van der Waals surface area contributed by atoms with Crippen LogP contribution < -0.4 is 11.1 Å². The molecule has 60 heavy (non-hydrogen) atoms. The van der Waals surface area contributed by atoms with Crippen molar-refractivity contribution in [3.05, 3.63) is 63.6 Å². The molecule has 1 aromatic heterocycles. The lowest BCUT2D eigenvalue weighted by atomic mass is 9.78. The minimum Gasteiger partial charge on any atom is -0.458 e. The Morgan fingerprint density at radius 2 is 1.52 bits per heavy atom. The summed E-state index contributed by atoms with van der Waals surface area (Å²) in [5, 5.41) is 3.04. The summed E-state index contributed by atoms with van der Waals surface area (Å²) in [7, 11) is 5.53. The number of aryl methyl sites for hydroxylation is 2. The molecule has 5 amide bonds. The molecule has 4 aliphatic heterocycles. The van der Waals surface area contributed by atoms with Crippen LogP contribution in [0.3, 0.4) is 0 Å². The number of rotatable bonds is 10. The summed E-state index contributed by atoms with van der Waals surface area (Å²) < 4.78 is 18.3. The van der Waals surface area contributed by atoms with Crippen LogP contribution >= 0.6 is 0 Å². The number of benzene rings is 2. The monoisotopic (exact) mass is 829 g/mol. The van der Waals surface area contributed by atoms with Gasteiger partial charge in [0.2, 0.25) is 0 Å². The van der Waals surface area contributed by atoms with Crippen molar-refractivity contribution in [1.82, 2.24) is 29.1 Å². The van der Waals surface area contributed by atoms with Crippen LogP contribution in [0.1, 0.15) is 61.6 Å². The number of nitrogens with zero attached hydrogens (tertiary/aromatic N) is 6. The molecule has 3 fully saturated rings. The highest BCUT2D eigenvalue weighted by Crippen LogP contribution is 2.33. The third-order valence-electron chi connectivity index (χ3n) is 12.9. The molecule has 0 bridgehead atoms. The molecule has 324 valence electrons. The number of hydrogen-bond donors (Lipinski definition) is 1. The number of piperidine rings is 3. The SMILES string of the molecule is Cc1cc(C[C@@H](OC(=O)N2CCC(N3CCc4ccccc4NC3=O)CC2)C(=O)N2CCC(C3CCN(C(=O)C(=O)OCCCN(C)C)CC3)CC2)cc2oc(=O)n(C)c12. The highest BCUT2D eigenvalue weighted by Gasteiger charge is 2.38. The summed E-state index contributed by atoms with van der Waals surface area (Å²) in [6.07, 6.45) is 4.13. The van der Waals surface area contributed by atoms with E-state index in [2.05, 4.69) is 5.32 Å². The van der Waals surface area contributed by atoms with E-state index in [4.69, 9.17) is 13.9 Å². The maximum Gasteiger partial charge on any atom is 0.419 e. The van der Waals surface area contributed by atoms with E-state index in [-0.39, 0.29) is 31.0 Å². The molecule has 7 rings (SSSR count). The van der Waals surface area contributed by atoms with Crippen molar-refractivity contribution >= 4 is 46.7 Å². The van der Waals surface area contributed by atoms with Gasteiger partial charge in [0, 0.05) is 77.6 Å². The zero-order valence-corrected chi connectivity index (χ0v) is 35.4. The average Bonchev–Trinajstić information content (AvgIpc) is 3.42. The van der Waals surface area contributed by atoms with Crippen LogP contribution in [0, 0.1) is 18.8 Å². The number of hydrogen-bond acceptors (Lipinski definition) is 10. The zero-order valence-electron chi connectivity index (χ0n) is 35.4. The number of anilines is 1. The Labute approximate surface area is 350 Å². The standard InChI is InChI=1S/C44H59N7O9/c1-29-26-30(27-36-38(29)47(4)43(56)59-36)28-37(60-44(57)50-22-15-34(16-23-50)51-24-14-33-8-5-6-9-35(33)45-42(51)55)39(52)48-18-10-31(11-19-48)32-12-20-49(21-13-32)40(53)41(54)58-25-7-17-46(2)3/h5-6,8-9,26-27,31-32,34,37H,7,10-25,28H2,1-4H3,(H,45,55)/t37-/m1/s1. The predicted molar refractivity (Wildman–Crippen MR) is 223 cm³/mol. The number of nitrogens with one attached hydrogen (secondary N) is 1. The first-order chi connectivity index (χ1) is 28.9. The Kier molecular flexibility index (Phi) is 13.5. The molecule has 5 heterocycles. The maximum absolute atomic E-state index is 14.4. The average molecular weight is 830 g/mol. The molecule has 3 aromatic rings. The van der Waals surface area contributed by atoms with Gasteiger partial charge in [0.25, 0.3) is 5.91 Å². The third kappa shape index (κ3) is 9.80. The molecule has 1 N–H and O–H groups in total. The van der Waals surface area contributed by atoms with Crippen LogP contribution in [0.4, 0.5) is 15.3 Å². The number of para-hydroxylation sites is 1. The lowest BCUT2D eigenvalue weighted by Crippen LogP contribution is -2.52. The van der Waals surface area contributed by atoms with Crippen LogP contribution in [0.2, 0.25) is 0 Å². The van der Waals surface area contributed by atoms with Gasteiger partial charge >= 0.3 is 29.8 Å². The number of aromatic nitrogens is 1. The van der Waals surface area contributed by atoms with Gasteiger partial charge in [-0.15, -0.1) is 0 Å². The Hall–Kier alpha value is -5.38. The summed E-state index contributed by atoms with van der Waals surface area (Å²) in [4.78, 5) is 87.7. The van der Waals surface area contributed by atoms with Gasteiger partial charge in [-0.1, -0.05) is 24.3 Å². The van der Waals surface area contributed by atoms with Gasteiger partial charge < -0.3 is 43.7 Å². The quantitative estimate of drug-likeness (QED) is 0.179. The number of likely N-dealkylation sites (tertiary alicyclic amines) is 3. The molecule has 0 unspecified atom stereocenters. The predicted octanol–water partition coefficient (Wildman–Crippen LogP) is 4.01. The van der Waals surface area contributed by atoms with Crippen molar-refractivity contribution in [2.45, 2.75) is 76.9 Å². The fourth-order valence-corrected chi connectivity index (χ4v) is 9.49. The second-order valence-corrected chi connectivity index (χ2v) is 17.1. The summed E-state index contributed by atoms with van der Waals surface area (Å²) in [5.41, 5.74) is 4.51. The first-order valence-electron chi connectivity index (χ1n) is 21.5.